The summed E-state index contributed by atoms with van der Waals surface area (Å²) in [6.07, 6.45) is 0. The maximum absolute atomic E-state index is 13.0. The third-order valence-electron chi connectivity index (χ3n) is 3.89. The number of nitrogens with zero attached hydrogens (tertiary/aromatic N) is 1. The molecule has 22 heavy (non-hydrogen) atoms. The smallest absolute Gasteiger partial charge is 0.214 e. The summed E-state index contributed by atoms with van der Waals surface area (Å²) in [5.74, 6) is -0.00593. The lowest BCUT2D eigenvalue weighted by Gasteiger charge is -2.04. The zero-order valence-electron chi connectivity index (χ0n) is 11.9. The van der Waals surface area contributed by atoms with Crippen molar-refractivity contribution in [3.8, 4) is 0 Å². The molecular formula is C20H14NO+. The zero-order valence-corrected chi connectivity index (χ0v) is 11.9. The number of benzene rings is 3. The Morgan fingerprint density at radius 3 is 1.73 bits per heavy atom. The molecule has 0 aliphatic carbocycles. The summed E-state index contributed by atoms with van der Waals surface area (Å²) < 4.78 is 1.81. The lowest BCUT2D eigenvalue weighted by molar-refractivity contribution is -0.513. The van der Waals surface area contributed by atoms with Crippen LogP contribution in [-0.2, 0) is 0 Å². The van der Waals surface area contributed by atoms with E-state index in [0.717, 1.165) is 21.8 Å². The standard InChI is InChI=1S/C20H14NO/c22-20(15-8-2-1-3-9-15)21-18-12-6-4-10-16(18)14-17-11-5-7-13-19(17)21/h1-14H/q+1. The number of pyridine rings is 1. The van der Waals surface area contributed by atoms with E-state index in [1.54, 1.807) is 4.57 Å². The van der Waals surface area contributed by atoms with Gasteiger partial charge in [0.2, 0.25) is 11.0 Å². The number of fused-ring (bicyclic) bond motifs is 2. The molecule has 0 radical (unpaired) electrons. The Bertz CT molecular complexity index is 936. The van der Waals surface area contributed by atoms with Crippen molar-refractivity contribution in [2.75, 3.05) is 0 Å². The molecule has 0 aliphatic rings. The van der Waals surface area contributed by atoms with Gasteiger partial charge in [-0.15, -0.1) is 4.57 Å². The molecule has 0 fully saturated rings. The Morgan fingerprint density at radius 1 is 0.636 bits per heavy atom. The van der Waals surface area contributed by atoms with Gasteiger partial charge in [0.25, 0.3) is 0 Å². The van der Waals surface area contributed by atoms with Crippen molar-refractivity contribution in [3.05, 3.63) is 90.5 Å². The predicted octanol–water partition coefficient (Wildman–Crippen LogP) is 3.97. The van der Waals surface area contributed by atoms with Gasteiger partial charge in [-0.2, -0.15) is 0 Å². The first-order valence-corrected chi connectivity index (χ1v) is 7.27. The van der Waals surface area contributed by atoms with E-state index in [1.807, 2.05) is 78.9 Å². The van der Waals surface area contributed by atoms with Crippen LogP contribution < -0.4 is 4.57 Å². The molecule has 0 bridgehead atoms. The SMILES string of the molecule is O=C(c1ccccc1)[n+]1c2ccccc2cc2ccccc21. The summed E-state index contributed by atoms with van der Waals surface area (Å²) in [6.45, 7) is 0. The number of hydrogen-bond donors (Lipinski definition) is 0. The van der Waals surface area contributed by atoms with Crippen LogP contribution in [0.2, 0.25) is 0 Å². The molecule has 1 aromatic heterocycles. The van der Waals surface area contributed by atoms with E-state index >= 15 is 0 Å². The van der Waals surface area contributed by atoms with E-state index in [2.05, 4.69) is 6.07 Å². The van der Waals surface area contributed by atoms with Gasteiger partial charge in [-0.1, -0.05) is 42.5 Å². The summed E-state index contributed by atoms with van der Waals surface area (Å²) in [5.41, 5.74) is 2.54. The molecule has 104 valence electrons. The topological polar surface area (TPSA) is 20.9 Å². The van der Waals surface area contributed by atoms with Crippen molar-refractivity contribution in [1.29, 1.82) is 0 Å². The number of para-hydroxylation sites is 2. The second-order valence-corrected chi connectivity index (χ2v) is 5.27. The largest absolute Gasteiger partial charge is 0.425 e. The molecule has 4 aromatic rings. The van der Waals surface area contributed by atoms with Crippen molar-refractivity contribution < 1.29 is 9.36 Å². The molecule has 3 aromatic carbocycles. The maximum Gasteiger partial charge on any atom is 0.425 e. The monoisotopic (exact) mass is 284 g/mol. The highest BCUT2D eigenvalue weighted by atomic mass is 16.2. The summed E-state index contributed by atoms with van der Waals surface area (Å²) in [7, 11) is 0. The predicted molar refractivity (Wildman–Crippen MR) is 87.8 cm³/mol. The molecule has 1 heterocycles. The van der Waals surface area contributed by atoms with E-state index in [-0.39, 0.29) is 5.91 Å². The van der Waals surface area contributed by atoms with E-state index in [4.69, 9.17) is 0 Å². The highest BCUT2D eigenvalue weighted by Crippen LogP contribution is 2.18. The normalized spacial score (nSPS) is 10.9. The van der Waals surface area contributed by atoms with Crippen LogP contribution >= 0.6 is 0 Å². The molecule has 0 amide bonds. The molecule has 2 heteroatoms. The Balaban J connectivity index is 2.11. The number of carbonyl (C=O) groups is 1. The Morgan fingerprint density at radius 2 is 1.14 bits per heavy atom. The summed E-state index contributed by atoms with van der Waals surface area (Å²) >= 11 is 0. The van der Waals surface area contributed by atoms with Gasteiger partial charge in [-0.25, -0.2) is 4.79 Å². The minimum atomic E-state index is -0.00593. The number of hydrogen-bond acceptors (Lipinski definition) is 1. The highest BCUT2D eigenvalue weighted by molar-refractivity contribution is 5.96. The van der Waals surface area contributed by atoms with Crippen LogP contribution in [-0.4, -0.2) is 5.91 Å². The van der Waals surface area contributed by atoms with E-state index in [9.17, 15) is 4.79 Å². The molecule has 2 nitrogen and oxygen atoms in total. The first-order valence-electron chi connectivity index (χ1n) is 7.27. The molecule has 0 spiro atoms. The fraction of sp³-hybridized carbons (Fsp3) is 0. The van der Waals surface area contributed by atoms with Gasteiger partial charge in [0.15, 0.2) is 0 Å². The van der Waals surface area contributed by atoms with Gasteiger partial charge in [-0.3, -0.25) is 0 Å². The van der Waals surface area contributed by atoms with Crippen molar-refractivity contribution in [1.82, 2.24) is 0 Å². The first kappa shape index (κ1) is 12.7. The maximum atomic E-state index is 13.0. The Labute approximate surface area is 128 Å². The highest BCUT2D eigenvalue weighted by Gasteiger charge is 2.24. The molecule has 0 atom stereocenters. The average Bonchev–Trinajstić information content (AvgIpc) is 2.60. The average molecular weight is 284 g/mol. The lowest BCUT2D eigenvalue weighted by Crippen LogP contribution is -2.44. The minimum absolute atomic E-state index is 0.00593. The Kier molecular flexibility index (Phi) is 2.94. The fourth-order valence-electron chi connectivity index (χ4n) is 2.85. The zero-order chi connectivity index (χ0) is 14.9. The van der Waals surface area contributed by atoms with Crippen molar-refractivity contribution in [2.24, 2.45) is 0 Å². The van der Waals surface area contributed by atoms with Crippen LogP contribution in [0.25, 0.3) is 21.8 Å². The third kappa shape index (κ3) is 1.97. The third-order valence-corrected chi connectivity index (χ3v) is 3.89. The van der Waals surface area contributed by atoms with E-state index in [1.165, 1.54) is 0 Å². The summed E-state index contributed by atoms with van der Waals surface area (Å²) in [4.78, 5) is 13.0. The second-order valence-electron chi connectivity index (χ2n) is 5.27. The van der Waals surface area contributed by atoms with Crippen LogP contribution in [0, 0.1) is 0 Å². The fourth-order valence-corrected chi connectivity index (χ4v) is 2.85. The molecule has 0 saturated carbocycles. The van der Waals surface area contributed by atoms with Crippen molar-refractivity contribution >= 4 is 27.7 Å². The second kappa shape index (κ2) is 5.08. The first-order chi connectivity index (χ1) is 10.8. The van der Waals surface area contributed by atoms with Gasteiger partial charge in [0, 0.05) is 22.9 Å². The quantitative estimate of drug-likeness (QED) is 0.383. The van der Waals surface area contributed by atoms with Crippen LogP contribution in [0.1, 0.15) is 10.4 Å². The van der Waals surface area contributed by atoms with Crippen molar-refractivity contribution in [3.63, 3.8) is 0 Å². The van der Waals surface area contributed by atoms with Crippen molar-refractivity contribution in [2.45, 2.75) is 0 Å². The molecule has 0 aliphatic heterocycles. The van der Waals surface area contributed by atoms with Crippen LogP contribution in [0.4, 0.5) is 0 Å². The number of rotatable bonds is 1. The molecule has 0 saturated heterocycles. The summed E-state index contributed by atoms with van der Waals surface area (Å²) in [5, 5.41) is 2.12. The van der Waals surface area contributed by atoms with Gasteiger partial charge >= 0.3 is 5.91 Å². The molecule has 0 unspecified atom stereocenters. The van der Waals surface area contributed by atoms with Gasteiger partial charge in [0.05, 0.1) is 5.56 Å². The number of aromatic nitrogens is 1. The van der Waals surface area contributed by atoms with Crippen LogP contribution in [0.5, 0.6) is 0 Å². The lowest BCUT2D eigenvalue weighted by atomic mass is 10.1. The molecular weight excluding hydrogens is 270 g/mol. The molecule has 4 rings (SSSR count). The minimum Gasteiger partial charge on any atom is -0.214 e. The van der Waals surface area contributed by atoms with Gasteiger partial charge in [-0.05, 0) is 30.3 Å². The summed E-state index contributed by atoms with van der Waals surface area (Å²) in [6, 6.07) is 27.5. The Hall–Kier alpha value is -3.00. The van der Waals surface area contributed by atoms with Crippen LogP contribution in [0.3, 0.4) is 0 Å². The molecule has 0 N–H and O–H groups in total. The number of carbonyl (C=O) groups excluding carboxylic acids is 1. The van der Waals surface area contributed by atoms with E-state index < -0.39 is 0 Å². The van der Waals surface area contributed by atoms with Crippen LogP contribution in [0.15, 0.2) is 84.9 Å². The van der Waals surface area contributed by atoms with Gasteiger partial charge < -0.3 is 0 Å². The van der Waals surface area contributed by atoms with Gasteiger partial charge in [0.1, 0.15) is 0 Å². The van der Waals surface area contributed by atoms with E-state index in [0.29, 0.717) is 5.56 Å².